The second-order valence-corrected chi connectivity index (χ2v) is 6.62. The Hall–Kier alpha value is -0.820. The molecular formula is C18H27N. The van der Waals surface area contributed by atoms with Gasteiger partial charge < -0.3 is 5.32 Å². The van der Waals surface area contributed by atoms with Gasteiger partial charge in [-0.15, -0.1) is 0 Å². The third-order valence-corrected chi connectivity index (χ3v) is 4.95. The number of benzene rings is 1. The summed E-state index contributed by atoms with van der Waals surface area (Å²) in [7, 11) is 0. The van der Waals surface area contributed by atoms with Crippen molar-refractivity contribution in [1.29, 1.82) is 0 Å². The van der Waals surface area contributed by atoms with Crippen LogP contribution in [0.5, 0.6) is 0 Å². The molecule has 0 aromatic heterocycles. The summed E-state index contributed by atoms with van der Waals surface area (Å²) in [5.74, 6) is 1.70. The van der Waals surface area contributed by atoms with Crippen LogP contribution in [0.1, 0.15) is 62.0 Å². The lowest BCUT2D eigenvalue weighted by molar-refractivity contribution is 0.425. The average molecular weight is 257 g/mol. The van der Waals surface area contributed by atoms with Crippen LogP contribution in [0.3, 0.4) is 0 Å². The van der Waals surface area contributed by atoms with Gasteiger partial charge in [-0.3, -0.25) is 0 Å². The molecule has 2 aliphatic carbocycles. The molecule has 2 aliphatic rings. The minimum absolute atomic E-state index is 0.727. The van der Waals surface area contributed by atoms with Crippen molar-refractivity contribution in [3.05, 3.63) is 35.4 Å². The Morgan fingerprint density at radius 1 is 1.11 bits per heavy atom. The number of hydrogen-bond acceptors (Lipinski definition) is 1. The summed E-state index contributed by atoms with van der Waals surface area (Å²) < 4.78 is 0. The predicted molar refractivity (Wildman–Crippen MR) is 81.5 cm³/mol. The van der Waals surface area contributed by atoms with Crippen LogP contribution in [0, 0.1) is 12.8 Å². The van der Waals surface area contributed by atoms with E-state index in [2.05, 4.69) is 36.5 Å². The fourth-order valence-corrected chi connectivity index (χ4v) is 3.61. The molecule has 2 fully saturated rings. The summed E-state index contributed by atoms with van der Waals surface area (Å²) >= 11 is 0. The molecule has 0 aliphatic heterocycles. The molecule has 1 aromatic rings. The van der Waals surface area contributed by atoms with E-state index in [1.165, 1.54) is 57.1 Å². The van der Waals surface area contributed by atoms with Crippen molar-refractivity contribution < 1.29 is 0 Å². The van der Waals surface area contributed by atoms with Crippen molar-refractivity contribution >= 4 is 0 Å². The fraction of sp³-hybridized carbons (Fsp3) is 0.667. The molecule has 0 amide bonds. The first kappa shape index (κ1) is 13.2. The number of aryl methyl sites for hydroxylation is 1. The van der Waals surface area contributed by atoms with Crippen LogP contribution in [0.2, 0.25) is 0 Å². The highest BCUT2D eigenvalue weighted by atomic mass is 14.9. The zero-order chi connectivity index (χ0) is 13.1. The van der Waals surface area contributed by atoms with E-state index in [4.69, 9.17) is 0 Å². The Balaban J connectivity index is 1.68. The van der Waals surface area contributed by atoms with E-state index in [9.17, 15) is 0 Å². The molecule has 2 saturated carbocycles. The lowest BCUT2D eigenvalue weighted by atomic mass is 9.86. The van der Waals surface area contributed by atoms with Gasteiger partial charge in [0.25, 0.3) is 0 Å². The van der Waals surface area contributed by atoms with Crippen LogP contribution >= 0.6 is 0 Å². The van der Waals surface area contributed by atoms with Gasteiger partial charge in [0.15, 0.2) is 0 Å². The fourth-order valence-electron chi connectivity index (χ4n) is 3.61. The monoisotopic (exact) mass is 257 g/mol. The van der Waals surface area contributed by atoms with Crippen LogP contribution in [0.25, 0.3) is 0 Å². The third kappa shape index (κ3) is 3.60. The number of nitrogens with one attached hydrogen (secondary N) is 1. The van der Waals surface area contributed by atoms with Gasteiger partial charge in [-0.25, -0.2) is 0 Å². The first-order chi connectivity index (χ1) is 9.33. The maximum absolute atomic E-state index is 3.76. The molecule has 1 unspecified atom stereocenters. The number of rotatable bonds is 6. The molecule has 1 heteroatoms. The highest BCUT2D eigenvalue weighted by molar-refractivity contribution is 5.29. The van der Waals surface area contributed by atoms with Gasteiger partial charge >= 0.3 is 0 Å². The Labute approximate surface area is 117 Å². The maximum atomic E-state index is 3.76. The zero-order valence-electron chi connectivity index (χ0n) is 12.2. The van der Waals surface area contributed by atoms with Gasteiger partial charge in [-0.05, 0) is 49.1 Å². The topological polar surface area (TPSA) is 12.0 Å². The summed E-state index contributed by atoms with van der Waals surface area (Å²) in [5, 5.41) is 3.76. The molecule has 0 spiro atoms. The van der Waals surface area contributed by atoms with Crippen LogP contribution in [-0.2, 0) is 0 Å². The van der Waals surface area contributed by atoms with Crippen LogP contribution < -0.4 is 5.32 Å². The highest BCUT2D eigenvalue weighted by Crippen LogP contribution is 2.35. The maximum Gasteiger partial charge on any atom is 0.00684 e. The van der Waals surface area contributed by atoms with Crippen LogP contribution in [0.4, 0.5) is 0 Å². The molecule has 1 atom stereocenters. The van der Waals surface area contributed by atoms with E-state index in [-0.39, 0.29) is 0 Å². The van der Waals surface area contributed by atoms with Gasteiger partial charge in [0, 0.05) is 12.6 Å². The smallest absolute Gasteiger partial charge is 0.00684 e. The quantitative estimate of drug-likeness (QED) is 0.796. The predicted octanol–water partition coefficient (Wildman–Crippen LogP) is 4.41. The lowest BCUT2D eigenvalue weighted by Crippen LogP contribution is -2.25. The minimum Gasteiger partial charge on any atom is -0.313 e. The minimum atomic E-state index is 0.727. The van der Waals surface area contributed by atoms with E-state index in [1.54, 1.807) is 5.56 Å². The van der Waals surface area contributed by atoms with E-state index in [1.807, 2.05) is 0 Å². The SMILES string of the molecule is Cc1ccccc1C(CNC1CC1)CC1CCCC1. The van der Waals surface area contributed by atoms with Crippen molar-refractivity contribution in [2.24, 2.45) is 5.92 Å². The largest absolute Gasteiger partial charge is 0.313 e. The second-order valence-electron chi connectivity index (χ2n) is 6.62. The van der Waals surface area contributed by atoms with E-state index >= 15 is 0 Å². The summed E-state index contributed by atoms with van der Waals surface area (Å²) in [6.07, 6.45) is 10.0. The van der Waals surface area contributed by atoms with Crippen molar-refractivity contribution in [3.8, 4) is 0 Å². The molecular weight excluding hydrogens is 230 g/mol. The van der Waals surface area contributed by atoms with Crippen LogP contribution in [0.15, 0.2) is 24.3 Å². The average Bonchev–Trinajstić information content (AvgIpc) is 3.11. The molecule has 0 bridgehead atoms. The van der Waals surface area contributed by atoms with Crippen LogP contribution in [-0.4, -0.2) is 12.6 Å². The Morgan fingerprint density at radius 2 is 1.84 bits per heavy atom. The van der Waals surface area contributed by atoms with Gasteiger partial charge in [0.1, 0.15) is 0 Å². The lowest BCUT2D eigenvalue weighted by Gasteiger charge is -2.23. The molecule has 1 aromatic carbocycles. The highest BCUT2D eigenvalue weighted by Gasteiger charge is 2.25. The summed E-state index contributed by atoms with van der Waals surface area (Å²) in [5.41, 5.74) is 3.06. The van der Waals surface area contributed by atoms with Gasteiger partial charge in [-0.1, -0.05) is 49.9 Å². The molecule has 19 heavy (non-hydrogen) atoms. The Morgan fingerprint density at radius 3 is 2.53 bits per heavy atom. The van der Waals surface area contributed by atoms with Gasteiger partial charge in [0.2, 0.25) is 0 Å². The normalized spacial score (nSPS) is 21.7. The molecule has 0 radical (unpaired) electrons. The standard InChI is InChI=1S/C18H27N/c1-14-6-2-5-9-18(14)16(13-19-17-10-11-17)12-15-7-3-4-8-15/h2,5-6,9,15-17,19H,3-4,7-8,10-13H2,1H3. The third-order valence-electron chi connectivity index (χ3n) is 4.95. The summed E-state index contributed by atoms with van der Waals surface area (Å²) in [4.78, 5) is 0. The molecule has 1 N–H and O–H groups in total. The van der Waals surface area contributed by atoms with Crippen molar-refractivity contribution in [2.75, 3.05) is 6.54 Å². The van der Waals surface area contributed by atoms with E-state index < -0.39 is 0 Å². The first-order valence-corrected chi connectivity index (χ1v) is 8.12. The van der Waals surface area contributed by atoms with Crippen molar-refractivity contribution in [2.45, 2.75) is 63.8 Å². The Bertz CT molecular complexity index is 402. The molecule has 104 valence electrons. The molecule has 0 heterocycles. The number of hydrogen-bond donors (Lipinski definition) is 1. The van der Waals surface area contributed by atoms with E-state index in [0.717, 1.165) is 17.9 Å². The second kappa shape index (κ2) is 6.09. The van der Waals surface area contributed by atoms with Gasteiger partial charge in [-0.2, -0.15) is 0 Å². The van der Waals surface area contributed by atoms with E-state index in [0.29, 0.717) is 0 Å². The Kier molecular flexibility index (Phi) is 4.22. The zero-order valence-corrected chi connectivity index (χ0v) is 12.2. The summed E-state index contributed by atoms with van der Waals surface area (Å²) in [6, 6.07) is 9.83. The molecule has 0 saturated heterocycles. The first-order valence-electron chi connectivity index (χ1n) is 8.12. The summed E-state index contributed by atoms with van der Waals surface area (Å²) in [6.45, 7) is 3.46. The van der Waals surface area contributed by atoms with Crippen molar-refractivity contribution in [1.82, 2.24) is 5.32 Å². The molecule has 1 nitrogen and oxygen atoms in total. The molecule has 3 rings (SSSR count). The van der Waals surface area contributed by atoms with Gasteiger partial charge in [0.05, 0.1) is 0 Å². The van der Waals surface area contributed by atoms with Crippen molar-refractivity contribution in [3.63, 3.8) is 0 Å².